The second kappa shape index (κ2) is 4.11. The summed E-state index contributed by atoms with van der Waals surface area (Å²) in [5.41, 5.74) is 2.72. The highest BCUT2D eigenvalue weighted by Gasteiger charge is 2.35. The molecule has 18 heavy (non-hydrogen) atoms. The molecule has 0 N–H and O–H groups in total. The first-order valence-corrected chi connectivity index (χ1v) is 6.32. The van der Waals surface area contributed by atoms with Crippen molar-refractivity contribution in [2.24, 2.45) is 4.99 Å². The largest absolute Gasteiger partial charge is 0.464 e. The molecule has 0 atom stereocenters. The number of isocyanates is 1. The molecule has 1 fully saturated rings. The molecule has 0 unspecified atom stereocenters. The van der Waals surface area contributed by atoms with E-state index in [-0.39, 0.29) is 5.54 Å². The smallest absolute Gasteiger partial charge is 0.235 e. The maximum absolute atomic E-state index is 10.7. The van der Waals surface area contributed by atoms with E-state index < -0.39 is 0 Å². The predicted molar refractivity (Wildman–Crippen MR) is 69.2 cm³/mol. The summed E-state index contributed by atoms with van der Waals surface area (Å²) in [7, 11) is 0. The van der Waals surface area contributed by atoms with Gasteiger partial charge in [-0.1, -0.05) is 25.0 Å². The lowest BCUT2D eigenvalue weighted by atomic mass is 9.88. The molecule has 0 bridgehead atoms. The van der Waals surface area contributed by atoms with Crippen LogP contribution < -0.4 is 0 Å². The van der Waals surface area contributed by atoms with Crippen molar-refractivity contribution in [3.05, 3.63) is 35.6 Å². The van der Waals surface area contributed by atoms with Crippen LogP contribution in [0.5, 0.6) is 0 Å². The standard InChI is InChI=1S/C15H15NO2/c1-11-9-18-14-8-12(4-5-13(11)14)15(16-10-17)6-2-3-7-15/h4-5,8-9H,2-3,6-7H2,1H3. The Morgan fingerprint density at radius 3 is 2.83 bits per heavy atom. The lowest BCUT2D eigenvalue weighted by Crippen LogP contribution is -2.18. The van der Waals surface area contributed by atoms with Crippen LogP contribution in [0.15, 0.2) is 33.9 Å². The quantitative estimate of drug-likeness (QED) is 0.592. The molecule has 0 amide bonds. The van der Waals surface area contributed by atoms with Gasteiger partial charge in [0.05, 0.1) is 11.8 Å². The average Bonchev–Trinajstić information content (AvgIpc) is 2.98. The zero-order valence-electron chi connectivity index (χ0n) is 10.4. The third-order valence-electron chi connectivity index (χ3n) is 4.00. The van der Waals surface area contributed by atoms with Crippen LogP contribution in [0.3, 0.4) is 0 Å². The maximum atomic E-state index is 10.7. The van der Waals surface area contributed by atoms with Gasteiger partial charge in [0.15, 0.2) is 0 Å². The number of aliphatic imine (C=N–C) groups is 1. The molecular formula is C15H15NO2. The van der Waals surface area contributed by atoms with Crippen LogP contribution in [0.2, 0.25) is 0 Å². The summed E-state index contributed by atoms with van der Waals surface area (Å²) in [6.07, 6.45) is 7.58. The van der Waals surface area contributed by atoms with Crippen LogP contribution in [-0.4, -0.2) is 6.08 Å². The minimum absolute atomic E-state index is 0.364. The normalized spacial score (nSPS) is 17.8. The third-order valence-corrected chi connectivity index (χ3v) is 4.00. The number of nitrogens with zero attached hydrogens (tertiary/aromatic N) is 1. The van der Waals surface area contributed by atoms with Crippen LogP contribution >= 0.6 is 0 Å². The number of rotatable bonds is 2. The van der Waals surface area contributed by atoms with Gasteiger partial charge in [-0.05, 0) is 37.0 Å². The molecule has 1 aliphatic carbocycles. The second-order valence-electron chi connectivity index (χ2n) is 5.07. The van der Waals surface area contributed by atoms with E-state index >= 15 is 0 Å². The van der Waals surface area contributed by atoms with Crippen molar-refractivity contribution in [1.29, 1.82) is 0 Å². The number of hydrogen-bond donors (Lipinski definition) is 0. The fraction of sp³-hybridized carbons (Fsp3) is 0.400. The first-order valence-electron chi connectivity index (χ1n) is 6.32. The van der Waals surface area contributed by atoms with Crippen LogP contribution in [0, 0.1) is 6.92 Å². The second-order valence-corrected chi connectivity index (χ2v) is 5.07. The van der Waals surface area contributed by atoms with Crippen LogP contribution in [0.1, 0.15) is 36.8 Å². The molecule has 92 valence electrons. The van der Waals surface area contributed by atoms with E-state index in [1.54, 1.807) is 12.3 Å². The molecule has 1 aromatic carbocycles. The van der Waals surface area contributed by atoms with Gasteiger partial charge >= 0.3 is 0 Å². The minimum atomic E-state index is -0.364. The van der Waals surface area contributed by atoms with Crippen LogP contribution in [-0.2, 0) is 10.3 Å². The van der Waals surface area contributed by atoms with Crippen molar-refractivity contribution < 1.29 is 9.21 Å². The van der Waals surface area contributed by atoms with E-state index in [1.807, 2.05) is 13.0 Å². The Balaban J connectivity index is 2.15. The first kappa shape index (κ1) is 11.2. The molecule has 3 heteroatoms. The fourth-order valence-corrected chi connectivity index (χ4v) is 2.96. The molecule has 0 spiro atoms. The zero-order chi connectivity index (χ0) is 12.6. The Labute approximate surface area is 106 Å². The summed E-state index contributed by atoms with van der Waals surface area (Å²) in [4.78, 5) is 14.8. The van der Waals surface area contributed by atoms with Gasteiger partial charge in [0.2, 0.25) is 6.08 Å². The van der Waals surface area contributed by atoms with E-state index in [4.69, 9.17) is 4.42 Å². The Morgan fingerprint density at radius 2 is 2.11 bits per heavy atom. The zero-order valence-corrected chi connectivity index (χ0v) is 10.4. The van der Waals surface area contributed by atoms with Gasteiger partial charge in [0.25, 0.3) is 0 Å². The first-order chi connectivity index (χ1) is 8.75. The average molecular weight is 241 g/mol. The Kier molecular flexibility index (Phi) is 2.57. The molecule has 3 rings (SSSR count). The SMILES string of the molecule is Cc1coc2cc(C3(N=C=O)CCCC3)ccc12. The van der Waals surface area contributed by atoms with Crippen molar-refractivity contribution in [3.8, 4) is 0 Å². The monoisotopic (exact) mass is 241 g/mol. The summed E-state index contributed by atoms with van der Waals surface area (Å²) in [5, 5.41) is 1.13. The van der Waals surface area contributed by atoms with Gasteiger partial charge in [-0.25, -0.2) is 4.79 Å². The lowest BCUT2D eigenvalue weighted by molar-refractivity contribution is 0.455. The fourth-order valence-electron chi connectivity index (χ4n) is 2.96. The molecule has 0 aliphatic heterocycles. The Hall–Kier alpha value is -1.86. The number of aryl methyl sites for hydroxylation is 1. The molecule has 2 aromatic rings. The molecular weight excluding hydrogens is 226 g/mol. The molecule has 0 saturated heterocycles. The van der Waals surface area contributed by atoms with Crippen molar-refractivity contribution in [1.82, 2.24) is 0 Å². The number of carbonyl (C=O) groups excluding carboxylic acids is 1. The summed E-state index contributed by atoms with van der Waals surface area (Å²) in [6, 6.07) is 6.15. The predicted octanol–water partition coefficient (Wildman–Crippen LogP) is 3.85. The van der Waals surface area contributed by atoms with Crippen molar-refractivity contribution in [3.63, 3.8) is 0 Å². The van der Waals surface area contributed by atoms with E-state index in [0.717, 1.165) is 47.8 Å². The molecule has 1 saturated carbocycles. The van der Waals surface area contributed by atoms with Crippen molar-refractivity contribution >= 4 is 17.0 Å². The number of benzene rings is 1. The van der Waals surface area contributed by atoms with Gasteiger partial charge in [-0.15, -0.1) is 0 Å². The Bertz CT molecular complexity index is 629. The van der Waals surface area contributed by atoms with Gasteiger partial charge in [0.1, 0.15) is 5.58 Å². The van der Waals surface area contributed by atoms with Crippen LogP contribution in [0.4, 0.5) is 0 Å². The number of hydrogen-bond acceptors (Lipinski definition) is 3. The van der Waals surface area contributed by atoms with Gasteiger partial charge < -0.3 is 4.42 Å². The van der Waals surface area contributed by atoms with E-state index in [0.29, 0.717) is 0 Å². The third kappa shape index (κ3) is 1.59. The number of fused-ring (bicyclic) bond motifs is 1. The van der Waals surface area contributed by atoms with E-state index in [9.17, 15) is 4.79 Å². The Morgan fingerprint density at radius 1 is 1.33 bits per heavy atom. The van der Waals surface area contributed by atoms with E-state index in [1.165, 1.54) is 0 Å². The lowest BCUT2D eigenvalue weighted by Gasteiger charge is -2.22. The molecule has 0 radical (unpaired) electrons. The summed E-state index contributed by atoms with van der Waals surface area (Å²) >= 11 is 0. The highest BCUT2D eigenvalue weighted by atomic mass is 16.3. The number of furan rings is 1. The molecule has 3 nitrogen and oxygen atoms in total. The van der Waals surface area contributed by atoms with Gasteiger partial charge in [-0.2, -0.15) is 4.99 Å². The minimum Gasteiger partial charge on any atom is -0.464 e. The summed E-state index contributed by atoms with van der Waals surface area (Å²) in [5.74, 6) is 0. The van der Waals surface area contributed by atoms with E-state index in [2.05, 4.69) is 17.1 Å². The highest BCUT2D eigenvalue weighted by Crippen LogP contribution is 2.43. The van der Waals surface area contributed by atoms with Gasteiger partial charge in [0, 0.05) is 5.39 Å². The highest BCUT2D eigenvalue weighted by molar-refractivity contribution is 5.81. The topological polar surface area (TPSA) is 42.6 Å². The maximum Gasteiger partial charge on any atom is 0.235 e. The molecule has 1 heterocycles. The molecule has 1 aliphatic rings. The summed E-state index contributed by atoms with van der Waals surface area (Å²) in [6.45, 7) is 2.03. The van der Waals surface area contributed by atoms with Crippen molar-refractivity contribution in [2.75, 3.05) is 0 Å². The van der Waals surface area contributed by atoms with Crippen molar-refractivity contribution in [2.45, 2.75) is 38.1 Å². The van der Waals surface area contributed by atoms with Gasteiger partial charge in [-0.3, -0.25) is 0 Å². The molecule has 1 aromatic heterocycles. The van der Waals surface area contributed by atoms with Crippen LogP contribution in [0.25, 0.3) is 11.0 Å². The summed E-state index contributed by atoms with van der Waals surface area (Å²) < 4.78 is 5.53.